The molecular formula is C11H13BrN2O4. The fourth-order valence-electron chi connectivity index (χ4n) is 1.28. The number of aliphatic hydroxyl groups is 1. The second kappa shape index (κ2) is 5.83. The van der Waals surface area contributed by atoms with Crippen molar-refractivity contribution in [3.63, 3.8) is 0 Å². The lowest BCUT2D eigenvalue weighted by Gasteiger charge is -2.17. The van der Waals surface area contributed by atoms with Crippen molar-refractivity contribution in [1.82, 2.24) is 5.32 Å². The SMILES string of the molecule is C[C@@H](O)[C@H](NC(=O)c1ccc(N)c(Br)c1)C(=O)O. The number of hydrogen-bond donors (Lipinski definition) is 4. The lowest BCUT2D eigenvalue weighted by Crippen LogP contribution is -2.47. The van der Waals surface area contributed by atoms with Gasteiger partial charge in [0.15, 0.2) is 6.04 Å². The Balaban J connectivity index is 2.87. The van der Waals surface area contributed by atoms with E-state index in [1.54, 1.807) is 0 Å². The Morgan fingerprint density at radius 2 is 2.06 bits per heavy atom. The fourth-order valence-corrected chi connectivity index (χ4v) is 1.66. The van der Waals surface area contributed by atoms with Gasteiger partial charge in [-0.05, 0) is 41.1 Å². The van der Waals surface area contributed by atoms with E-state index < -0.39 is 24.0 Å². The topological polar surface area (TPSA) is 113 Å². The molecule has 0 bridgehead atoms. The molecule has 0 aromatic heterocycles. The van der Waals surface area contributed by atoms with Crippen molar-refractivity contribution in [3.05, 3.63) is 28.2 Å². The summed E-state index contributed by atoms with van der Waals surface area (Å²) < 4.78 is 0.541. The van der Waals surface area contributed by atoms with Gasteiger partial charge >= 0.3 is 5.97 Å². The molecule has 0 aliphatic rings. The molecule has 0 aliphatic carbocycles. The van der Waals surface area contributed by atoms with Gasteiger partial charge in [-0.25, -0.2) is 4.79 Å². The third kappa shape index (κ3) is 3.44. The first-order valence-electron chi connectivity index (χ1n) is 5.09. The van der Waals surface area contributed by atoms with E-state index in [9.17, 15) is 14.7 Å². The minimum absolute atomic E-state index is 0.253. The van der Waals surface area contributed by atoms with E-state index in [-0.39, 0.29) is 5.56 Å². The first kappa shape index (κ1) is 14.5. The highest BCUT2D eigenvalue weighted by atomic mass is 79.9. The highest BCUT2D eigenvalue weighted by Gasteiger charge is 2.25. The maximum Gasteiger partial charge on any atom is 0.328 e. The molecule has 18 heavy (non-hydrogen) atoms. The van der Waals surface area contributed by atoms with Crippen molar-refractivity contribution in [2.45, 2.75) is 19.1 Å². The van der Waals surface area contributed by atoms with Gasteiger partial charge < -0.3 is 21.3 Å². The van der Waals surface area contributed by atoms with Crippen LogP contribution in [0, 0.1) is 0 Å². The van der Waals surface area contributed by atoms with Crippen LogP contribution in [0.3, 0.4) is 0 Å². The molecule has 1 aromatic rings. The van der Waals surface area contributed by atoms with Crippen LogP contribution < -0.4 is 11.1 Å². The molecule has 1 rings (SSSR count). The van der Waals surface area contributed by atoms with Crippen LogP contribution in [0.15, 0.2) is 22.7 Å². The number of benzene rings is 1. The number of hydrogen-bond acceptors (Lipinski definition) is 4. The van der Waals surface area contributed by atoms with Gasteiger partial charge in [-0.15, -0.1) is 0 Å². The summed E-state index contributed by atoms with van der Waals surface area (Å²) in [5.74, 6) is -1.89. The number of rotatable bonds is 4. The molecule has 6 nitrogen and oxygen atoms in total. The average Bonchev–Trinajstić information content (AvgIpc) is 2.28. The minimum Gasteiger partial charge on any atom is -0.480 e. The lowest BCUT2D eigenvalue weighted by molar-refractivity contribution is -0.141. The predicted octanol–water partition coefficient (Wildman–Crippen LogP) is 0.595. The van der Waals surface area contributed by atoms with E-state index in [0.717, 1.165) is 0 Å². The van der Waals surface area contributed by atoms with Gasteiger partial charge in [0, 0.05) is 15.7 Å². The summed E-state index contributed by atoms with van der Waals surface area (Å²) in [6.45, 7) is 1.29. The Morgan fingerprint density at radius 3 is 2.50 bits per heavy atom. The van der Waals surface area contributed by atoms with Crippen LogP contribution in [0.25, 0.3) is 0 Å². The van der Waals surface area contributed by atoms with Gasteiger partial charge in [0.05, 0.1) is 6.10 Å². The number of halogens is 1. The normalized spacial score (nSPS) is 13.7. The number of aliphatic carboxylic acids is 1. The van der Waals surface area contributed by atoms with Crippen molar-refractivity contribution in [3.8, 4) is 0 Å². The Hall–Kier alpha value is -1.60. The molecule has 0 radical (unpaired) electrons. The Labute approximate surface area is 112 Å². The van der Waals surface area contributed by atoms with Crippen molar-refractivity contribution < 1.29 is 19.8 Å². The summed E-state index contributed by atoms with van der Waals surface area (Å²) >= 11 is 3.17. The number of carbonyl (C=O) groups is 2. The van der Waals surface area contributed by atoms with E-state index in [2.05, 4.69) is 21.2 Å². The minimum atomic E-state index is -1.35. The third-order valence-corrected chi connectivity index (χ3v) is 2.98. The highest BCUT2D eigenvalue weighted by Crippen LogP contribution is 2.20. The van der Waals surface area contributed by atoms with Gasteiger partial charge in [0.25, 0.3) is 5.91 Å². The Bertz CT molecular complexity index is 476. The Kier molecular flexibility index (Phi) is 4.69. The first-order chi connectivity index (χ1) is 8.32. The van der Waals surface area contributed by atoms with Crippen LogP contribution >= 0.6 is 15.9 Å². The number of anilines is 1. The number of amides is 1. The van der Waals surface area contributed by atoms with E-state index in [0.29, 0.717) is 10.2 Å². The van der Waals surface area contributed by atoms with E-state index in [1.807, 2.05) is 0 Å². The lowest BCUT2D eigenvalue weighted by atomic mass is 10.1. The maximum atomic E-state index is 11.8. The predicted molar refractivity (Wildman–Crippen MR) is 69.1 cm³/mol. The van der Waals surface area contributed by atoms with Gasteiger partial charge in [0.2, 0.25) is 0 Å². The standard InChI is InChI=1S/C11H13BrN2O4/c1-5(15)9(11(17)18)14-10(16)6-2-3-8(13)7(12)4-6/h2-5,9,15H,13H2,1H3,(H,14,16)(H,17,18)/t5-,9+/m1/s1. The summed E-state index contributed by atoms with van der Waals surface area (Å²) in [6, 6.07) is 3.12. The van der Waals surface area contributed by atoms with Crippen molar-refractivity contribution in [2.24, 2.45) is 0 Å². The molecule has 98 valence electrons. The first-order valence-corrected chi connectivity index (χ1v) is 5.89. The summed E-state index contributed by atoms with van der Waals surface area (Å²) in [4.78, 5) is 22.6. The molecule has 0 aliphatic heterocycles. The van der Waals surface area contributed by atoms with Gasteiger partial charge in [-0.2, -0.15) is 0 Å². The molecule has 0 spiro atoms. The van der Waals surface area contributed by atoms with E-state index in [1.165, 1.54) is 25.1 Å². The number of carboxylic acids is 1. The number of nitrogens with two attached hydrogens (primary N) is 1. The molecule has 0 fully saturated rings. The van der Waals surface area contributed by atoms with Crippen molar-refractivity contribution in [1.29, 1.82) is 0 Å². The van der Waals surface area contributed by atoms with Crippen LogP contribution in [-0.2, 0) is 4.79 Å². The largest absolute Gasteiger partial charge is 0.480 e. The molecule has 7 heteroatoms. The van der Waals surface area contributed by atoms with Gasteiger partial charge in [-0.1, -0.05) is 0 Å². The second-order valence-electron chi connectivity index (χ2n) is 3.77. The number of nitrogen functional groups attached to an aromatic ring is 1. The fraction of sp³-hybridized carbons (Fsp3) is 0.273. The quantitative estimate of drug-likeness (QED) is 0.607. The summed E-state index contributed by atoms with van der Waals surface area (Å²) in [7, 11) is 0. The van der Waals surface area contributed by atoms with Crippen LogP contribution in [0.4, 0.5) is 5.69 Å². The monoisotopic (exact) mass is 316 g/mol. The van der Waals surface area contributed by atoms with Crippen molar-refractivity contribution in [2.75, 3.05) is 5.73 Å². The number of carbonyl (C=O) groups excluding carboxylic acids is 1. The Morgan fingerprint density at radius 1 is 1.44 bits per heavy atom. The zero-order valence-electron chi connectivity index (χ0n) is 9.55. The summed E-state index contributed by atoms with van der Waals surface area (Å²) in [5, 5.41) is 20.3. The number of nitrogens with one attached hydrogen (secondary N) is 1. The average molecular weight is 317 g/mol. The zero-order valence-corrected chi connectivity index (χ0v) is 11.1. The van der Waals surface area contributed by atoms with Crippen LogP contribution in [0.5, 0.6) is 0 Å². The smallest absolute Gasteiger partial charge is 0.328 e. The number of aliphatic hydroxyl groups excluding tert-OH is 1. The van der Waals surface area contributed by atoms with Crippen LogP contribution in [-0.4, -0.2) is 34.2 Å². The maximum absolute atomic E-state index is 11.8. The molecule has 1 amide bonds. The molecule has 0 saturated heterocycles. The molecule has 0 heterocycles. The van der Waals surface area contributed by atoms with Crippen molar-refractivity contribution >= 4 is 33.5 Å². The summed E-state index contributed by atoms with van der Waals surface area (Å²) in [6.07, 6.45) is -1.19. The second-order valence-corrected chi connectivity index (χ2v) is 4.62. The number of carboxylic acid groups (broad SMARTS) is 1. The molecule has 2 atom stereocenters. The zero-order chi connectivity index (χ0) is 13.9. The van der Waals surface area contributed by atoms with Crippen LogP contribution in [0.2, 0.25) is 0 Å². The van der Waals surface area contributed by atoms with Gasteiger partial charge in [-0.3, -0.25) is 4.79 Å². The summed E-state index contributed by atoms with van der Waals surface area (Å²) in [5.41, 5.74) is 6.30. The third-order valence-electron chi connectivity index (χ3n) is 2.30. The molecular weight excluding hydrogens is 304 g/mol. The molecule has 1 aromatic carbocycles. The van der Waals surface area contributed by atoms with Gasteiger partial charge in [0.1, 0.15) is 0 Å². The molecule has 0 unspecified atom stereocenters. The molecule has 0 saturated carbocycles. The van der Waals surface area contributed by atoms with E-state index >= 15 is 0 Å². The highest BCUT2D eigenvalue weighted by molar-refractivity contribution is 9.10. The van der Waals surface area contributed by atoms with Crippen LogP contribution in [0.1, 0.15) is 17.3 Å². The van der Waals surface area contributed by atoms with E-state index in [4.69, 9.17) is 10.8 Å². The molecule has 5 N–H and O–H groups in total.